The third-order valence-electron chi connectivity index (χ3n) is 1.88. The van der Waals surface area contributed by atoms with Gasteiger partial charge in [0.15, 0.2) is 0 Å². The molecule has 0 amide bonds. The van der Waals surface area contributed by atoms with Crippen LogP contribution in [0.1, 0.15) is 16.2 Å². The maximum Gasteiger partial charge on any atom is 0.335 e. The van der Waals surface area contributed by atoms with Crippen molar-refractivity contribution in [2.75, 3.05) is 0 Å². The first-order valence-electron chi connectivity index (χ1n) is 4.57. The summed E-state index contributed by atoms with van der Waals surface area (Å²) in [6, 6.07) is 4.69. The molecule has 17 heavy (non-hydrogen) atoms. The normalized spacial score (nSPS) is 10.2. The number of carboxylic acid groups (broad SMARTS) is 1. The minimum atomic E-state index is -0.986. The molecule has 88 valence electrons. The zero-order valence-corrected chi connectivity index (χ0v) is 11.7. The predicted octanol–water partition coefficient (Wildman–Crippen LogP) is 2.94. The van der Waals surface area contributed by atoms with Crippen LogP contribution in [-0.4, -0.2) is 20.4 Å². The van der Waals surface area contributed by atoms with Gasteiger partial charge in [-0.1, -0.05) is 0 Å². The number of halogens is 1. The molecule has 0 aliphatic carbocycles. The number of aromatic carboxylic acids is 1. The zero-order valence-electron chi connectivity index (χ0n) is 8.68. The van der Waals surface area contributed by atoms with Gasteiger partial charge in [0.05, 0.1) is 9.13 Å². The SMILES string of the molecule is Cc1nsc(Oc2cc(C(=O)O)ccc2I)n1. The van der Waals surface area contributed by atoms with Gasteiger partial charge in [0.1, 0.15) is 11.6 Å². The summed E-state index contributed by atoms with van der Waals surface area (Å²) in [4.78, 5) is 14.9. The molecule has 0 saturated heterocycles. The highest BCUT2D eigenvalue weighted by Gasteiger charge is 2.10. The van der Waals surface area contributed by atoms with E-state index in [-0.39, 0.29) is 5.56 Å². The number of carboxylic acids is 1. The van der Waals surface area contributed by atoms with Crippen molar-refractivity contribution in [1.82, 2.24) is 9.36 Å². The molecule has 0 bridgehead atoms. The topological polar surface area (TPSA) is 72.3 Å². The number of benzene rings is 1. The molecule has 1 N–H and O–H groups in total. The van der Waals surface area contributed by atoms with E-state index in [9.17, 15) is 4.79 Å². The number of ether oxygens (including phenoxy) is 1. The van der Waals surface area contributed by atoms with Gasteiger partial charge in [0.25, 0.3) is 5.19 Å². The van der Waals surface area contributed by atoms with Crippen molar-refractivity contribution in [3.63, 3.8) is 0 Å². The smallest absolute Gasteiger partial charge is 0.335 e. The molecule has 7 heteroatoms. The number of rotatable bonds is 3. The first kappa shape index (κ1) is 12.2. The summed E-state index contributed by atoms with van der Waals surface area (Å²) >= 11 is 3.21. The van der Waals surface area contributed by atoms with Gasteiger partial charge in [-0.05, 0) is 47.7 Å². The van der Waals surface area contributed by atoms with Crippen LogP contribution in [0.4, 0.5) is 0 Å². The number of carbonyl (C=O) groups is 1. The Balaban J connectivity index is 2.31. The van der Waals surface area contributed by atoms with Crippen molar-refractivity contribution in [2.45, 2.75) is 6.92 Å². The molecule has 0 unspecified atom stereocenters. The Labute approximate surface area is 115 Å². The summed E-state index contributed by atoms with van der Waals surface area (Å²) < 4.78 is 10.3. The van der Waals surface area contributed by atoms with Crippen molar-refractivity contribution in [1.29, 1.82) is 0 Å². The fourth-order valence-electron chi connectivity index (χ4n) is 1.13. The minimum Gasteiger partial charge on any atom is -0.478 e. The average molecular weight is 362 g/mol. The highest BCUT2D eigenvalue weighted by Crippen LogP contribution is 2.28. The molecule has 5 nitrogen and oxygen atoms in total. The van der Waals surface area contributed by atoms with E-state index >= 15 is 0 Å². The van der Waals surface area contributed by atoms with E-state index in [1.165, 1.54) is 12.1 Å². The second kappa shape index (κ2) is 4.96. The molecule has 0 aliphatic rings. The second-order valence-electron chi connectivity index (χ2n) is 3.16. The minimum absolute atomic E-state index is 0.182. The van der Waals surface area contributed by atoms with Crippen LogP contribution in [0.25, 0.3) is 0 Å². The zero-order chi connectivity index (χ0) is 12.4. The fourth-order valence-corrected chi connectivity index (χ4v) is 2.12. The Morgan fingerprint density at radius 3 is 2.88 bits per heavy atom. The van der Waals surface area contributed by atoms with Crippen LogP contribution >= 0.6 is 34.1 Å². The summed E-state index contributed by atoms with van der Waals surface area (Å²) in [5, 5.41) is 9.29. The van der Waals surface area contributed by atoms with Crippen LogP contribution in [0.15, 0.2) is 18.2 Å². The molecule has 0 radical (unpaired) electrons. The summed E-state index contributed by atoms with van der Waals surface area (Å²) in [6.45, 7) is 1.77. The first-order valence-corrected chi connectivity index (χ1v) is 6.42. The molecule has 1 aromatic heterocycles. The largest absolute Gasteiger partial charge is 0.478 e. The van der Waals surface area contributed by atoms with Gasteiger partial charge in [0.2, 0.25) is 0 Å². The van der Waals surface area contributed by atoms with E-state index in [4.69, 9.17) is 9.84 Å². The van der Waals surface area contributed by atoms with E-state index in [0.29, 0.717) is 16.8 Å². The van der Waals surface area contributed by atoms with Gasteiger partial charge in [-0.2, -0.15) is 9.36 Å². The highest BCUT2D eigenvalue weighted by atomic mass is 127. The number of nitrogens with zero attached hydrogens (tertiary/aromatic N) is 2. The van der Waals surface area contributed by atoms with Crippen molar-refractivity contribution in [3.05, 3.63) is 33.2 Å². The second-order valence-corrected chi connectivity index (χ2v) is 5.04. The van der Waals surface area contributed by atoms with Crippen LogP contribution in [-0.2, 0) is 0 Å². The molecular weight excluding hydrogens is 355 g/mol. The van der Waals surface area contributed by atoms with E-state index in [1.807, 2.05) is 0 Å². The van der Waals surface area contributed by atoms with Crippen LogP contribution < -0.4 is 4.74 Å². The lowest BCUT2D eigenvalue weighted by Gasteiger charge is -2.04. The molecule has 2 aromatic rings. The summed E-state index contributed by atoms with van der Waals surface area (Å²) in [6.07, 6.45) is 0. The molecule has 0 aliphatic heterocycles. The molecule has 1 aromatic carbocycles. The van der Waals surface area contributed by atoms with Crippen molar-refractivity contribution >= 4 is 40.1 Å². The number of hydrogen-bond acceptors (Lipinski definition) is 5. The van der Waals surface area contributed by atoms with E-state index in [0.717, 1.165) is 15.1 Å². The number of aryl methyl sites for hydroxylation is 1. The lowest BCUT2D eigenvalue weighted by Crippen LogP contribution is -1.97. The molecule has 1 heterocycles. The number of hydrogen-bond donors (Lipinski definition) is 1. The summed E-state index contributed by atoms with van der Waals surface area (Å²) in [5.74, 6) is 0.121. The molecular formula is C10H7IN2O3S. The third kappa shape index (κ3) is 2.91. The van der Waals surface area contributed by atoms with Crippen LogP contribution in [0.3, 0.4) is 0 Å². The van der Waals surface area contributed by atoms with Gasteiger partial charge < -0.3 is 9.84 Å². The maximum absolute atomic E-state index is 10.8. The van der Waals surface area contributed by atoms with Crippen molar-refractivity contribution < 1.29 is 14.6 Å². The molecule has 0 saturated carbocycles. The van der Waals surface area contributed by atoms with Gasteiger partial charge in [-0.25, -0.2) is 4.79 Å². The highest BCUT2D eigenvalue weighted by molar-refractivity contribution is 14.1. The van der Waals surface area contributed by atoms with E-state index < -0.39 is 5.97 Å². The van der Waals surface area contributed by atoms with Gasteiger partial charge >= 0.3 is 5.97 Å². The van der Waals surface area contributed by atoms with Crippen molar-refractivity contribution in [2.24, 2.45) is 0 Å². The fraction of sp³-hybridized carbons (Fsp3) is 0.100. The predicted molar refractivity (Wildman–Crippen MR) is 70.8 cm³/mol. The lowest BCUT2D eigenvalue weighted by molar-refractivity contribution is 0.0696. The maximum atomic E-state index is 10.8. The molecule has 2 rings (SSSR count). The number of aromatic nitrogens is 2. The molecule has 0 atom stereocenters. The van der Waals surface area contributed by atoms with Crippen LogP contribution in [0, 0.1) is 10.5 Å². The quantitative estimate of drug-likeness (QED) is 0.850. The Hall–Kier alpha value is -1.22. The standard InChI is InChI=1S/C10H7IN2O3S/c1-5-12-10(17-13-5)16-8-4-6(9(14)15)2-3-7(8)11/h2-4H,1H3,(H,14,15). The Kier molecular flexibility index (Phi) is 3.57. The third-order valence-corrected chi connectivity index (χ3v) is 3.46. The van der Waals surface area contributed by atoms with Gasteiger partial charge in [-0.15, -0.1) is 0 Å². The molecule has 0 fully saturated rings. The molecule has 0 spiro atoms. The van der Waals surface area contributed by atoms with E-state index in [2.05, 4.69) is 31.9 Å². The Morgan fingerprint density at radius 1 is 1.53 bits per heavy atom. The average Bonchev–Trinajstić information content (AvgIpc) is 2.67. The Morgan fingerprint density at radius 2 is 2.29 bits per heavy atom. The van der Waals surface area contributed by atoms with Crippen LogP contribution in [0.2, 0.25) is 0 Å². The van der Waals surface area contributed by atoms with E-state index in [1.54, 1.807) is 13.0 Å². The van der Waals surface area contributed by atoms with Gasteiger partial charge in [-0.3, -0.25) is 0 Å². The monoisotopic (exact) mass is 362 g/mol. The first-order chi connectivity index (χ1) is 8.06. The van der Waals surface area contributed by atoms with Gasteiger partial charge in [0, 0.05) is 11.5 Å². The Bertz CT molecular complexity index is 570. The van der Waals surface area contributed by atoms with Crippen molar-refractivity contribution in [3.8, 4) is 10.9 Å². The lowest BCUT2D eigenvalue weighted by atomic mass is 10.2. The van der Waals surface area contributed by atoms with Crippen LogP contribution in [0.5, 0.6) is 10.9 Å². The summed E-state index contributed by atoms with van der Waals surface area (Å²) in [7, 11) is 0. The summed E-state index contributed by atoms with van der Waals surface area (Å²) in [5.41, 5.74) is 0.182.